The first-order chi connectivity index (χ1) is 9.90. The minimum atomic E-state index is -3.82. The molecule has 0 saturated heterocycles. The first-order valence-electron chi connectivity index (χ1n) is 7.42. The van der Waals surface area contributed by atoms with Gasteiger partial charge in [0.15, 0.2) is 0 Å². The molecule has 0 fully saturated rings. The predicted molar refractivity (Wildman–Crippen MR) is 83.1 cm³/mol. The summed E-state index contributed by atoms with van der Waals surface area (Å²) in [6.07, 6.45) is 2.58. The Morgan fingerprint density at radius 1 is 1.24 bits per heavy atom. The quantitative estimate of drug-likeness (QED) is 0.689. The maximum Gasteiger partial charge on any atom is 0.243 e. The van der Waals surface area contributed by atoms with Crippen LogP contribution < -0.4 is 10.0 Å². The lowest BCUT2D eigenvalue weighted by Crippen LogP contribution is -2.33. The Bertz CT molecular complexity index is 547. The van der Waals surface area contributed by atoms with Gasteiger partial charge in [-0.1, -0.05) is 26.3 Å². The molecule has 1 aromatic carbocycles. The third-order valence-electron chi connectivity index (χ3n) is 3.12. The first-order valence-corrected chi connectivity index (χ1v) is 8.90. The maximum atomic E-state index is 13.9. The van der Waals surface area contributed by atoms with Crippen LogP contribution in [0.3, 0.4) is 0 Å². The highest BCUT2D eigenvalue weighted by Gasteiger charge is 2.21. The van der Waals surface area contributed by atoms with Gasteiger partial charge in [-0.05, 0) is 44.0 Å². The van der Waals surface area contributed by atoms with Crippen molar-refractivity contribution >= 4 is 10.0 Å². The molecule has 4 nitrogen and oxygen atoms in total. The molecule has 0 aliphatic rings. The number of hydrogen-bond acceptors (Lipinski definition) is 3. The third kappa shape index (κ3) is 5.73. The van der Waals surface area contributed by atoms with E-state index in [1.165, 1.54) is 12.1 Å². The Balaban J connectivity index is 2.91. The molecule has 0 heterocycles. The largest absolute Gasteiger partial charge is 0.313 e. The zero-order chi connectivity index (χ0) is 15.9. The smallest absolute Gasteiger partial charge is 0.243 e. The first kappa shape index (κ1) is 18.1. The van der Waals surface area contributed by atoms with Crippen LogP contribution in [0, 0.1) is 5.82 Å². The van der Waals surface area contributed by atoms with Crippen molar-refractivity contribution in [1.29, 1.82) is 0 Å². The van der Waals surface area contributed by atoms with Crippen LogP contribution >= 0.6 is 0 Å². The molecular weight excluding hydrogens is 291 g/mol. The molecule has 1 aromatic rings. The van der Waals surface area contributed by atoms with Gasteiger partial charge in [-0.15, -0.1) is 0 Å². The zero-order valence-corrected chi connectivity index (χ0v) is 13.8. The average molecular weight is 316 g/mol. The molecule has 21 heavy (non-hydrogen) atoms. The summed E-state index contributed by atoms with van der Waals surface area (Å²) >= 11 is 0. The lowest BCUT2D eigenvalue weighted by Gasteiger charge is -2.14. The highest BCUT2D eigenvalue weighted by Crippen LogP contribution is 2.17. The van der Waals surface area contributed by atoms with Crippen molar-refractivity contribution in [2.45, 2.75) is 57.5 Å². The normalized spacial score (nSPS) is 13.3. The number of halogens is 1. The summed E-state index contributed by atoms with van der Waals surface area (Å²) in [5.74, 6) is -0.717. The number of nitrogens with one attached hydrogen (secondary N) is 2. The van der Waals surface area contributed by atoms with Crippen LogP contribution in [0.4, 0.5) is 4.39 Å². The summed E-state index contributed by atoms with van der Waals surface area (Å²) in [6.45, 7) is 7.18. The molecule has 0 bridgehead atoms. The van der Waals surface area contributed by atoms with Crippen LogP contribution in [-0.2, 0) is 16.6 Å². The fourth-order valence-corrected chi connectivity index (χ4v) is 3.50. The molecule has 0 amide bonds. The van der Waals surface area contributed by atoms with Gasteiger partial charge in [0.2, 0.25) is 10.0 Å². The Labute approximate surface area is 127 Å². The second-order valence-electron chi connectivity index (χ2n) is 5.25. The molecule has 1 rings (SSSR count). The molecule has 1 unspecified atom stereocenters. The van der Waals surface area contributed by atoms with E-state index in [4.69, 9.17) is 0 Å². The molecular formula is C15H25FN2O2S. The van der Waals surface area contributed by atoms with Gasteiger partial charge in [0.05, 0.1) is 0 Å². The Morgan fingerprint density at radius 2 is 1.95 bits per heavy atom. The highest BCUT2D eigenvalue weighted by molar-refractivity contribution is 7.89. The topological polar surface area (TPSA) is 58.2 Å². The van der Waals surface area contributed by atoms with Crippen LogP contribution in [-0.4, -0.2) is 21.0 Å². The Morgan fingerprint density at radius 3 is 2.57 bits per heavy atom. The summed E-state index contributed by atoms with van der Waals surface area (Å²) in [4.78, 5) is -0.277. The molecule has 1 atom stereocenters. The van der Waals surface area contributed by atoms with Crippen LogP contribution in [0.1, 0.15) is 45.6 Å². The summed E-state index contributed by atoms with van der Waals surface area (Å²) in [6, 6.07) is 4.01. The van der Waals surface area contributed by atoms with Crippen molar-refractivity contribution in [3.63, 3.8) is 0 Å². The Kier molecular flexibility index (Phi) is 7.28. The van der Waals surface area contributed by atoms with Crippen molar-refractivity contribution in [2.75, 3.05) is 6.54 Å². The van der Waals surface area contributed by atoms with Gasteiger partial charge in [-0.3, -0.25) is 0 Å². The number of hydrogen-bond donors (Lipinski definition) is 2. The van der Waals surface area contributed by atoms with E-state index in [-0.39, 0.29) is 10.9 Å². The molecule has 0 aliphatic heterocycles. The van der Waals surface area contributed by atoms with Gasteiger partial charge in [-0.25, -0.2) is 17.5 Å². The van der Waals surface area contributed by atoms with Crippen LogP contribution in [0.15, 0.2) is 23.1 Å². The third-order valence-corrected chi connectivity index (χ3v) is 4.72. The van der Waals surface area contributed by atoms with Crippen molar-refractivity contribution in [1.82, 2.24) is 10.0 Å². The second-order valence-corrected chi connectivity index (χ2v) is 6.93. The summed E-state index contributed by atoms with van der Waals surface area (Å²) in [7, 11) is -3.82. The number of sulfonamides is 1. The minimum absolute atomic E-state index is 0.207. The molecule has 0 aliphatic carbocycles. The Hall–Kier alpha value is -0.980. The molecule has 0 aromatic heterocycles. The van der Waals surface area contributed by atoms with Crippen molar-refractivity contribution in [3.05, 3.63) is 29.6 Å². The van der Waals surface area contributed by atoms with Gasteiger partial charge in [0.25, 0.3) is 0 Å². The molecule has 0 saturated carbocycles. The molecule has 2 N–H and O–H groups in total. The summed E-state index contributed by atoms with van der Waals surface area (Å²) in [5, 5.41) is 3.17. The van der Waals surface area contributed by atoms with Gasteiger partial charge in [-0.2, -0.15) is 0 Å². The van der Waals surface area contributed by atoms with E-state index in [1.54, 1.807) is 13.0 Å². The van der Waals surface area contributed by atoms with E-state index < -0.39 is 15.8 Å². The lowest BCUT2D eigenvalue weighted by molar-refractivity contribution is 0.530. The number of benzene rings is 1. The molecule has 120 valence electrons. The van der Waals surface area contributed by atoms with Gasteiger partial charge >= 0.3 is 0 Å². The average Bonchev–Trinajstić information content (AvgIpc) is 2.40. The van der Waals surface area contributed by atoms with Crippen molar-refractivity contribution in [3.8, 4) is 0 Å². The fraction of sp³-hybridized carbons (Fsp3) is 0.600. The van der Waals surface area contributed by atoms with E-state index >= 15 is 0 Å². The summed E-state index contributed by atoms with van der Waals surface area (Å²) < 4.78 is 40.9. The van der Waals surface area contributed by atoms with E-state index in [1.807, 2.05) is 13.8 Å². The minimum Gasteiger partial charge on any atom is -0.313 e. The van der Waals surface area contributed by atoms with Gasteiger partial charge < -0.3 is 5.32 Å². The molecule has 6 heteroatoms. The predicted octanol–water partition coefficient (Wildman–Crippen LogP) is 2.79. The lowest BCUT2D eigenvalue weighted by atomic mass is 10.2. The van der Waals surface area contributed by atoms with Crippen LogP contribution in [0.5, 0.6) is 0 Å². The highest BCUT2D eigenvalue weighted by atomic mass is 32.2. The van der Waals surface area contributed by atoms with Crippen molar-refractivity contribution in [2.24, 2.45) is 0 Å². The van der Waals surface area contributed by atoms with Crippen molar-refractivity contribution < 1.29 is 12.8 Å². The summed E-state index contributed by atoms with van der Waals surface area (Å²) in [5.41, 5.74) is 0.758. The van der Waals surface area contributed by atoms with E-state index in [0.717, 1.165) is 31.4 Å². The van der Waals surface area contributed by atoms with E-state index in [0.29, 0.717) is 6.54 Å². The standard InChI is InChI=1S/C15H25FN2O2S/c1-4-6-12(3)18-21(19,20)15-10-13(7-8-14(15)16)11-17-9-5-2/h7-8,10,12,17-18H,4-6,9,11H2,1-3H3. The maximum absolute atomic E-state index is 13.9. The monoisotopic (exact) mass is 316 g/mol. The fourth-order valence-electron chi connectivity index (χ4n) is 2.09. The molecule has 0 spiro atoms. The molecule has 0 radical (unpaired) electrons. The second kappa shape index (κ2) is 8.46. The zero-order valence-electron chi connectivity index (χ0n) is 12.9. The SMILES string of the molecule is CCCNCc1ccc(F)c(S(=O)(=O)NC(C)CCC)c1. The van der Waals surface area contributed by atoms with Gasteiger partial charge in [0.1, 0.15) is 10.7 Å². The van der Waals surface area contributed by atoms with Crippen LogP contribution in [0.25, 0.3) is 0 Å². The number of rotatable bonds is 9. The van der Waals surface area contributed by atoms with Gasteiger partial charge in [0, 0.05) is 12.6 Å². The van der Waals surface area contributed by atoms with Crippen LogP contribution in [0.2, 0.25) is 0 Å². The van der Waals surface area contributed by atoms with E-state index in [9.17, 15) is 12.8 Å². The van der Waals surface area contributed by atoms with E-state index in [2.05, 4.69) is 10.0 Å².